The van der Waals surface area contributed by atoms with E-state index in [0.29, 0.717) is 11.5 Å². The van der Waals surface area contributed by atoms with Gasteiger partial charge in [0.25, 0.3) is 0 Å². The highest BCUT2D eigenvalue weighted by atomic mass is 79.9. The molecule has 2 rings (SSSR count). The van der Waals surface area contributed by atoms with Gasteiger partial charge in [0.1, 0.15) is 0 Å². The SMILES string of the molecule is CNC(CC1CC1)c1cc(C(F)(F)F)ccc1Br. The van der Waals surface area contributed by atoms with Crippen LogP contribution >= 0.6 is 15.9 Å². The highest BCUT2D eigenvalue weighted by molar-refractivity contribution is 9.10. The summed E-state index contributed by atoms with van der Waals surface area (Å²) in [6.45, 7) is 0. The maximum Gasteiger partial charge on any atom is 0.416 e. The van der Waals surface area contributed by atoms with Crippen LogP contribution in [0.4, 0.5) is 13.2 Å². The maximum atomic E-state index is 12.7. The van der Waals surface area contributed by atoms with E-state index in [-0.39, 0.29) is 6.04 Å². The normalized spacial score (nSPS) is 17.8. The number of halogens is 4. The first-order valence-corrected chi connectivity index (χ1v) is 6.75. The Morgan fingerprint density at radius 2 is 2.06 bits per heavy atom. The molecule has 0 heterocycles. The summed E-state index contributed by atoms with van der Waals surface area (Å²) >= 11 is 3.34. The molecule has 0 spiro atoms. The zero-order valence-corrected chi connectivity index (χ0v) is 11.6. The smallest absolute Gasteiger partial charge is 0.313 e. The number of hydrogen-bond acceptors (Lipinski definition) is 1. The minimum absolute atomic E-state index is 0.0193. The summed E-state index contributed by atoms with van der Waals surface area (Å²) in [5, 5.41) is 3.11. The quantitative estimate of drug-likeness (QED) is 0.859. The Kier molecular flexibility index (Phi) is 4.02. The van der Waals surface area contributed by atoms with Gasteiger partial charge in [-0.15, -0.1) is 0 Å². The highest BCUT2D eigenvalue weighted by Crippen LogP contribution is 2.40. The van der Waals surface area contributed by atoms with Crippen LogP contribution in [0.2, 0.25) is 0 Å². The van der Waals surface area contributed by atoms with Crippen LogP contribution in [0.25, 0.3) is 0 Å². The first-order valence-electron chi connectivity index (χ1n) is 5.95. The molecule has 100 valence electrons. The van der Waals surface area contributed by atoms with Crippen LogP contribution < -0.4 is 5.32 Å². The van der Waals surface area contributed by atoms with E-state index in [1.807, 2.05) is 0 Å². The lowest BCUT2D eigenvalue weighted by atomic mass is 9.99. The molecule has 5 heteroatoms. The van der Waals surface area contributed by atoms with Crippen molar-refractivity contribution in [2.75, 3.05) is 7.05 Å². The van der Waals surface area contributed by atoms with Gasteiger partial charge in [-0.25, -0.2) is 0 Å². The molecule has 1 saturated carbocycles. The fourth-order valence-corrected chi connectivity index (χ4v) is 2.60. The van der Waals surface area contributed by atoms with Crippen molar-refractivity contribution in [2.45, 2.75) is 31.5 Å². The minimum Gasteiger partial charge on any atom is -0.313 e. The third-order valence-electron chi connectivity index (χ3n) is 3.31. The Labute approximate surface area is 113 Å². The third-order valence-corrected chi connectivity index (χ3v) is 4.04. The number of hydrogen-bond donors (Lipinski definition) is 1. The molecule has 1 unspecified atom stereocenters. The Morgan fingerprint density at radius 1 is 1.39 bits per heavy atom. The molecule has 18 heavy (non-hydrogen) atoms. The molecule has 0 aliphatic heterocycles. The molecule has 0 saturated heterocycles. The van der Waals surface area contributed by atoms with Crippen molar-refractivity contribution in [1.82, 2.24) is 5.32 Å². The summed E-state index contributed by atoms with van der Waals surface area (Å²) in [6.07, 6.45) is -1.01. The van der Waals surface area contributed by atoms with Gasteiger partial charge in [0, 0.05) is 10.5 Å². The summed E-state index contributed by atoms with van der Waals surface area (Å²) < 4.78 is 38.9. The van der Waals surface area contributed by atoms with Gasteiger partial charge in [-0.3, -0.25) is 0 Å². The molecular formula is C13H15BrF3N. The molecule has 0 aromatic heterocycles. The van der Waals surface area contributed by atoms with E-state index in [1.165, 1.54) is 25.0 Å². The van der Waals surface area contributed by atoms with Gasteiger partial charge in [0.15, 0.2) is 0 Å². The fourth-order valence-electron chi connectivity index (χ4n) is 2.07. The topological polar surface area (TPSA) is 12.0 Å². The molecule has 1 atom stereocenters. The molecule has 1 aromatic carbocycles. The van der Waals surface area contributed by atoms with Gasteiger partial charge in [-0.05, 0) is 43.1 Å². The van der Waals surface area contributed by atoms with E-state index in [9.17, 15) is 13.2 Å². The molecule has 0 bridgehead atoms. The summed E-state index contributed by atoms with van der Waals surface area (Å²) in [7, 11) is 1.79. The van der Waals surface area contributed by atoms with E-state index in [2.05, 4.69) is 21.2 Å². The van der Waals surface area contributed by atoms with Gasteiger partial charge >= 0.3 is 6.18 Å². The van der Waals surface area contributed by atoms with E-state index >= 15 is 0 Å². The van der Waals surface area contributed by atoms with Crippen molar-refractivity contribution in [2.24, 2.45) is 5.92 Å². The second kappa shape index (κ2) is 5.21. The van der Waals surface area contributed by atoms with Crippen LogP contribution in [-0.4, -0.2) is 7.05 Å². The van der Waals surface area contributed by atoms with E-state index in [0.717, 1.165) is 17.0 Å². The lowest BCUT2D eigenvalue weighted by Gasteiger charge is -2.19. The molecule has 0 amide bonds. The molecule has 0 radical (unpaired) electrons. The fraction of sp³-hybridized carbons (Fsp3) is 0.538. The van der Waals surface area contributed by atoms with Gasteiger partial charge in [-0.1, -0.05) is 28.8 Å². The van der Waals surface area contributed by atoms with Crippen molar-refractivity contribution in [3.63, 3.8) is 0 Å². The predicted molar refractivity (Wildman–Crippen MR) is 68.3 cm³/mol. The first kappa shape index (κ1) is 13.9. The maximum absolute atomic E-state index is 12.7. The van der Waals surface area contributed by atoms with Crippen molar-refractivity contribution in [3.8, 4) is 0 Å². The molecule has 1 nitrogen and oxygen atoms in total. The average Bonchev–Trinajstić information content (AvgIpc) is 3.09. The lowest BCUT2D eigenvalue weighted by molar-refractivity contribution is -0.137. The Balaban J connectivity index is 2.28. The van der Waals surface area contributed by atoms with Crippen molar-refractivity contribution < 1.29 is 13.2 Å². The Hall–Kier alpha value is -0.550. The van der Waals surface area contributed by atoms with Crippen LogP contribution in [-0.2, 0) is 6.18 Å². The van der Waals surface area contributed by atoms with Crippen molar-refractivity contribution >= 4 is 15.9 Å². The zero-order valence-electron chi connectivity index (χ0n) is 10.0. The third kappa shape index (κ3) is 3.26. The van der Waals surface area contributed by atoms with Crippen LogP contribution in [0.5, 0.6) is 0 Å². The molecule has 1 N–H and O–H groups in total. The molecule has 1 fully saturated rings. The summed E-state index contributed by atoms with van der Waals surface area (Å²) in [4.78, 5) is 0. The van der Waals surface area contributed by atoms with Crippen LogP contribution in [0.3, 0.4) is 0 Å². The van der Waals surface area contributed by atoms with Crippen LogP contribution in [0, 0.1) is 5.92 Å². The van der Waals surface area contributed by atoms with Crippen molar-refractivity contribution in [1.29, 1.82) is 0 Å². The van der Waals surface area contributed by atoms with Gasteiger partial charge in [0.2, 0.25) is 0 Å². The summed E-state index contributed by atoms with van der Waals surface area (Å²) in [6, 6.07) is 3.81. The number of alkyl halides is 3. The predicted octanol–water partition coefficient (Wildman–Crippen LogP) is 4.53. The number of rotatable bonds is 4. The lowest BCUT2D eigenvalue weighted by Crippen LogP contribution is -2.18. The number of nitrogens with one attached hydrogen (secondary N) is 1. The number of benzene rings is 1. The second-order valence-corrected chi connectivity index (χ2v) is 5.61. The molecular weight excluding hydrogens is 307 g/mol. The highest BCUT2D eigenvalue weighted by Gasteiger charge is 2.32. The van der Waals surface area contributed by atoms with E-state index < -0.39 is 11.7 Å². The van der Waals surface area contributed by atoms with Gasteiger partial charge < -0.3 is 5.32 Å². The van der Waals surface area contributed by atoms with Crippen molar-refractivity contribution in [3.05, 3.63) is 33.8 Å². The van der Waals surface area contributed by atoms with Crippen LogP contribution in [0.1, 0.15) is 36.4 Å². The first-order chi connectivity index (χ1) is 8.41. The molecule has 1 aromatic rings. The Morgan fingerprint density at radius 3 is 2.56 bits per heavy atom. The van der Waals surface area contributed by atoms with Gasteiger partial charge in [0.05, 0.1) is 5.56 Å². The Bertz CT molecular complexity index is 427. The monoisotopic (exact) mass is 321 g/mol. The standard InChI is InChI=1S/C13H15BrF3N/c1-18-12(6-8-2-3-8)10-7-9(13(15,16)17)4-5-11(10)14/h4-5,7-8,12,18H,2-3,6H2,1H3. The second-order valence-electron chi connectivity index (χ2n) is 4.75. The van der Waals surface area contributed by atoms with E-state index in [1.54, 1.807) is 7.05 Å². The molecule has 1 aliphatic rings. The molecule has 1 aliphatic carbocycles. The summed E-state index contributed by atoms with van der Waals surface area (Å²) in [5.74, 6) is 0.656. The minimum atomic E-state index is -4.28. The van der Waals surface area contributed by atoms with E-state index in [4.69, 9.17) is 0 Å². The zero-order chi connectivity index (χ0) is 13.3. The van der Waals surface area contributed by atoms with Crippen LogP contribution in [0.15, 0.2) is 22.7 Å². The average molecular weight is 322 g/mol. The van der Waals surface area contributed by atoms with Gasteiger partial charge in [-0.2, -0.15) is 13.2 Å². The largest absolute Gasteiger partial charge is 0.416 e. The summed E-state index contributed by atoms with van der Waals surface area (Å²) in [5.41, 5.74) is 0.107.